The van der Waals surface area contributed by atoms with Crippen LogP contribution in [-0.4, -0.2) is 13.1 Å². The Labute approximate surface area is 129 Å². The summed E-state index contributed by atoms with van der Waals surface area (Å²) in [7, 11) is 0. The molecule has 0 aromatic heterocycles. The summed E-state index contributed by atoms with van der Waals surface area (Å²) in [5.74, 6) is -0.377. The second-order valence-electron chi connectivity index (χ2n) is 5.31. The molecule has 3 rings (SSSR count). The van der Waals surface area contributed by atoms with Gasteiger partial charge in [0, 0.05) is 19.6 Å². The van der Waals surface area contributed by atoms with Crippen molar-refractivity contribution in [3.63, 3.8) is 0 Å². The predicted molar refractivity (Wildman–Crippen MR) is 86.6 cm³/mol. The fourth-order valence-electron chi connectivity index (χ4n) is 2.70. The Kier molecular flexibility index (Phi) is 4.30. The van der Waals surface area contributed by atoms with E-state index in [0.717, 1.165) is 24.3 Å². The summed E-state index contributed by atoms with van der Waals surface area (Å²) in [5.41, 5.74) is 3.32. The summed E-state index contributed by atoms with van der Waals surface area (Å²) in [6, 6.07) is 13.2. The topological polar surface area (TPSA) is 15.3 Å². The van der Waals surface area contributed by atoms with Crippen molar-refractivity contribution in [3.8, 4) is 0 Å². The molecule has 1 aliphatic heterocycles. The van der Waals surface area contributed by atoms with Gasteiger partial charge in [0.25, 0.3) is 0 Å². The normalized spacial score (nSPS) is 14.5. The maximum atomic E-state index is 13.2. The first-order valence-corrected chi connectivity index (χ1v) is 7.63. The lowest BCUT2D eigenvalue weighted by molar-refractivity contribution is 0.627. The molecule has 110 valence electrons. The third-order valence-electron chi connectivity index (χ3n) is 3.82. The van der Waals surface area contributed by atoms with Gasteiger partial charge in [0.15, 0.2) is 0 Å². The van der Waals surface area contributed by atoms with E-state index >= 15 is 0 Å². The maximum absolute atomic E-state index is 13.2. The van der Waals surface area contributed by atoms with E-state index in [1.54, 1.807) is 12.1 Å². The Hall–Kier alpha value is -1.74. The molecule has 0 unspecified atom stereocenters. The molecule has 0 spiro atoms. The van der Waals surface area contributed by atoms with Gasteiger partial charge in [0.2, 0.25) is 0 Å². The number of nitrogens with one attached hydrogen (secondary N) is 1. The number of para-hydroxylation sites is 2. The minimum atomic E-state index is -0.377. The Morgan fingerprint density at radius 1 is 1.10 bits per heavy atom. The lowest BCUT2D eigenvalue weighted by Crippen LogP contribution is -2.19. The lowest BCUT2D eigenvalue weighted by Gasteiger charge is -2.22. The Morgan fingerprint density at radius 2 is 1.86 bits per heavy atom. The van der Waals surface area contributed by atoms with Crippen molar-refractivity contribution in [1.29, 1.82) is 0 Å². The molecule has 21 heavy (non-hydrogen) atoms. The highest BCUT2D eigenvalue weighted by Gasteiger charge is 2.15. The van der Waals surface area contributed by atoms with Crippen LogP contribution < -0.4 is 10.2 Å². The van der Waals surface area contributed by atoms with Gasteiger partial charge in [0.05, 0.1) is 16.4 Å². The van der Waals surface area contributed by atoms with E-state index in [0.29, 0.717) is 6.54 Å². The number of rotatable bonds is 4. The third-order valence-corrected chi connectivity index (χ3v) is 4.11. The monoisotopic (exact) mass is 304 g/mol. The molecule has 2 aromatic rings. The maximum Gasteiger partial charge on any atom is 0.141 e. The standard InChI is InChI=1S/C17H18ClFN2/c18-14-11-13(7-8-15(14)19)12-20-16-5-1-2-6-17(16)21-9-3-4-10-21/h1-2,5-8,11,20H,3-4,9-10,12H2. The van der Waals surface area contributed by atoms with Gasteiger partial charge in [-0.05, 0) is 42.7 Å². The highest BCUT2D eigenvalue weighted by atomic mass is 35.5. The van der Waals surface area contributed by atoms with E-state index in [1.165, 1.54) is 24.6 Å². The summed E-state index contributed by atoms with van der Waals surface area (Å²) >= 11 is 5.82. The van der Waals surface area contributed by atoms with Gasteiger partial charge >= 0.3 is 0 Å². The summed E-state index contributed by atoms with van der Waals surface area (Å²) in [4.78, 5) is 2.40. The molecule has 2 nitrogen and oxygen atoms in total. The quantitative estimate of drug-likeness (QED) is 0.881. The van der Waals surface area contributed by atoms with Crippen molar-refractivity contribution >= 4 is 23.0 Å². The molecule has 0 saturated carbocycles. The summed E-state index contributed by atoms with van der Waals surface area (Å²) < 4.78 is 13.2. The van der Waals surface area contributed by atoms with E-state index in [2.05, 4.69) is 28.4 Å². The van der Waals surface area contributed by atoms with Crippen LogP contribution in [0.1, 0.15) is 18.4 Å². The number of hydrogen-bond donors (Lipinski definition) is 1. The zero-order valence-electron chi connectivity index (χ0n) is 11.8. The van der Waals surface area contributed by atoms with Crippen molar-refractivity contribution < 1.29 is 4.39 Å². The van der Waals surface area contributed by atoms with Crippen LogP contribution in [0.4, 0.5) is 15.8 Å². The minimum absolute atomic E-state index is 0.169. The van der Waals surface area contributed by atoms with Crippen LogP contribution in [0.15, 0.2) is 42.5 Å². The highest BCUT2D eigenvalue weighted by Crippen LogP contribution is 2.29. The first-order valence-electron chi connectivity index (χ1n) is 7.26. The van der Waals surface area contributed by atoms with E-state index in [1.807, 2.05) is 6.07 Å². The first kappa shape index (κ1) is 14.2. The van der Waals surface area contributed by atoms with E-state index in [4.69, 9.17) is 11.6 Å². The third kappa shape index (κ3) is 3.30. The molecular weight excluding hydrogens is 287 g/mol. The number of halogens is 2. The molecule has 1 saturated heterocycles. The Bertz CT molecular complexity index is 624. The molecule has 0 radical (unpaired) electrons. The molecule has 0 aliphatic carbocycles. The molecule has 1 heterocycles. The van der Waals surface area contributed by atoms with Gasteiger partial charge in [0.1, 0.15) is 5.82 Å². The second-order valence-corrected chi connectivity index (χ2v) is 5.72. The molecular formula is C17H18ClFN2. The van der Waals surface area contributed by atoms with Gasteiger partial charge in [-0.2, -0.15) is 0 Å². The van der Waals surface area contributed by atoms with Crippen molar-refractivity contribution in [2.75, 3.05) is 23.3 Å². The van der Waals surface area contributed by atoms with Crippen molar-refractivity contribution in [3.05, 3.63) is 58.9 Å². The lowest BCUT2D eigenvalue weighted by atomic mass is 10.2. The zero-order chi connectivity index (χ0) is 14.7. The van der Waals surface area contributed by atoms with Crippen molar-refractivity contribution in [2.45, 2.75) is 19.4 Å². The van der Waals surface area contributed by atoms with Gasteiger partial charge in [-0.1, -0.05) is 29.8 Å². The first-order chi connectivity index (χ1) is 10.2. The largest absolute Gasteiger partial charge is 0.379 e. The van der Waals surface area contributed by atoms with Crippen molar-refractivity contribution in [1.82, 2.24) is 0 Å². The molecule has 1 N–H and O–H groups in total. The van der Waals surface area contributed by atoms with Gasteiger partial charge < -0.3 is 10.2 Å². The van der Waals surface area contributed by atoms with Crippen LogP contribution in [0.25, 0.3) is 0 Å². The smallest absolute Gasteiger partial charge is 0.141 e. The predicted octanol–water partition coefficient (Wildman–Crippen LogP) is 4.69. The SMILES string of the molecule is Fc1ccc(CNc2ccccc2N2CCCC2)cc1Cl. The fraction of sp³-hybridized carbons (Fsp3) is 0.294. The number of benzene rings is 2. The molecule has 2 aromatic carbocycles. The number of hydrogen-bond acceptors (Lipinski definition) is 2. The molecule has 1 aliphatic rings. The van der Waals surface area contributed by atoms with Gasteiger partial charge in [-0.25, -0.2) is 4.39 Å². The van der Waals surface area contributed by atoms with E-state index < -0.39 is 0 Å². The summed E-state index contributed by atoms with van der Waals surface area (Å²) in [6.07, 6.45) is 2.50. The van der Waals surface area contributed by atoms with E-state index in [9.17, 15) is 4.39 Å². The summed E-state index contributed by atoms with van der Waals surface area (Å²) in [6.45, 7) is 2.85. The molecule has 1 fully saturated rings. The zero-order valence-corrected chi connectivity index (χ0v) is 12.5. The minimum Gasteiger partial charge on any atom is -0.379 e. The average Bonchev–Trinajstić information content (AvgIpc) is 3.03. The van der Waals surface area contributed by atoms with Crippen LogP contribution >= 0.6 is 11.6 Å². The molecule has 0 amide bonds. The van der Waals surface area contributed by atoms with Crippen molar-refractivity contribution in [2.24, 2.45) is 0 Å². The average molecular weight is 305 g/mol. The number of nitrogens with zero attached hydrogens (tertiary/aromatic N) is 1. The van der Waals surface area contributed by atoms with Crippen LogP contribution in [-0.2, 0) is 6.54 Å². The Morgan fingerprint density at radius 3 is 2.62 bits per heavy atom. The van der Waals surface area contributed by atoms with E-state index in [-0.39, 0.29) is 10.8 Å². The van der Waals surface area contributed by atoms with Crippen LogP contribution in [0.2, 0.25) is 5.02 Å². The highest BCUT2D eigenvalue weighted by molar-refractivity contribution is 6.30. The van der Waals surface area contributed by atoms with Crippen LogP contribution in [0.5, 0.6) is 0 Å². The van der Waals surface area contributed by atoms with Gasteiger partial charge in [-0.15, -0.1) is 0 Å². The summed E-state index contributed by atoms with van der Waals surface area (Å²) in [5, 5.41) is 3.60. The Balaban J connectivity index is 1.74. The van der Waals surface area contributed by atoms with Crippen LogP contribution in [0.3, 0.4) is 0 Å². The molecule has 0 bridgehead atoms. The van der Waals surface area contributed by atoms with Gasteiger partial charge in [-0.3, -0.25) is 0 Å². The second kappa shape index (κ2) is 6.35. The molecule has 4 heteroatoms. The van der Waals surface area contributed by atoms with Crippen LogP contribution in [0, 0.1) is 5.82 Å². The fourth-order valence-corrected chi connectivity index (χ4v) is 2.91. The molecule has 0 atom stereocenters. The number of anilines is 2.